The lowest BCUT2D eigenvalue weighted by Gasteiger charge is -2.30. The zero-order valence-electron chi connectivity index (χ0n) is 13.7. The van der Waals surface area contributed by atoms with Crippen molar-refractivity contribution < 1.29 is 13.9 Å². The summed E-state index contributed by atoms with van der Waals surface area (Å²) in [4.78, 5) is 14.4. The van der Waals surface area contributed by atoms with Crippen molar-refractivity contribution in [3.8, 4) is 5.75 Å². The van der Waals surface area contributed by atoms with Crippen LogP contribution in [-0.4, -0.2) is 19.6 Å². The van der Waals surface area contributed by atoms with Gasteiger partial charge in [0.05, 0.1) is 7.11 Å². The highest BCUT2D eigenvalue weighted by molar-refractivity contribution is 5.95. The Morgan fingerprint density at radius 2 is 2.17 bits per heavy atom. The number of nitrogen functional groups attached to an aromatic ring is 1. The van der Waals surface area contributed by atoms with Crippen LogP contribution in [0.4, 0.5) is 15.8 Å². The fourth-order valence-electron chi connectivity index (χ4n) is 3.16. The van der Waals surface area contributed by atoms with Gasteiger partial charge in [-0.25, -0.2) is 4.39 Å². The molecule has 5 heteroatoms. The van der Waals surface area contributed by atoms with E-state index in [1.54, 1.807) is 17.0 Å². The van der Waals surface area contributed by atoms with E-state index < -0.39 is 5.82 Å². The summed E-state index contributed by atoms with van der Waals surface area (Å²) >= 11 is 0. The molecular weight excluding hydrogens is 307 g/mol. The third-order valence-electron chi connectivity index (χ3n) is 4.43. The minimum absolute atomic E-state index is 0.0396. The second-order valence-electron chi connectivity index (χ2n) is 5.96. The van der Waals surface area contributed by atoms with Crippen LogP contribution in [0.5, 0.6) is 5.75 Å². The van der Waals surface area contributed by atoms with Gasteiger partial charge in [0, 0.05) is 24.3 Å². The number of aryl methyl sites for hydroxylation is 1. The minimum atomic E-state index is -0.404. The van der Waals surface area contributed by atoms with Crippen LogP contribution in [0.25, 0.3) is 0 Å². The van der Waals surface area contributed by atoms with Crippen molar-refractivity contribution in [3.05, 3.63) is 53.3 Å². The molecule has 1 aliphatic heterocycles. The molecule has 0 spiro atoms. The number of nitrogens with two attached hydrogens (primary N) is 1. The molecule has 3 rings (SSSR count). The van der Waals surface area contributed by atoms with Crippen molar-refractivity contribution in [2.45, 2.75) is 25.7 Å². The number of nitrogens with zero attached hydrogens (tertiary/aromatic N) is 1. The number of hydrogen-bond donors (Lipinski definition) is 1. The average molecular weight is 328 g/mol. The zero-order chi connectivity index (χ0) is 17.1. The number of ether oxygens (including phenoxy) is 1. The first kappa shape index (κ1) is 16.3. The molecule has 0 saturated heterocycles. The van der Waals surface area contributed by atoms with Crippen LogP contribution in [0.1, 0.15) is 24.0 Å². The van der Waals surface area contributed by atoms with E-state index in [9.17, 15) is 9.18 Å². The van der Waals surface area contributed by atoms with Gasteiger partial charge in [-0.1, -0.05) is 12.1 Å². The molecule has 24 heavy (non-hydrogen) atoms. The van der Waals surface area contributed by atoms with Crippen LogP contribution in [-0.2, 0) is 17.6 Å². The van der Waals surface area contributed by atoms with Gasteiger partial charge in [0.2, 0.25) is 5.91 Å². The Kier molecular flexibility index (Phi) is 4.69. The number of benzene rings is 2. The summed E-state index contributed by atoms with van der Waals surface area (Å²) in [5, 5.41) is 0. The van der Waals surface area contributed by atoms with E-state index in [2.05, 4.69) is 0 Å². The average Bonchev–Trinajstić information content (AvgIpc) is 2.60. The quantitative estimate of drug-likeness (QED) is 0.876. The molecule has 1 aliphatic rings. The van der Waals surface area contributed by atoms with Gasteiger partial charge < -0.3 is 15.4 Å². The Morgan fingerprint density at radius 3 is 2.92 bits per heavy atom. The molecule has 0 bridgehead atoms. The molecule has 4 nitrogen and oxygen atoms in total. The van der Waals surface area contributed by atoms with E-state index in [-0.39, 0.29) is 11.7 Å². The van der Waals surface area contributed by atoms with Crippen molar-refractivity contribution >= 4 is 17.3 Å². The maximum atomic E-state index is 13.7. The highest BCUT2D eigenvalue weighted by atomic mass is 19.1. The number of anilines is 2. The van der Waals surface area contributed by atoms with Gasteiger partial charge in [-0.05, 0) is 54.7 Å². The van der Waals surface area contributed by atoms with Crippen LogP contribution in [0.2, 0.25) is 0 Å². The van der Waals surface area contributed by atoms with Crippen LogP contribution < -0.4 is 15.4 Å². The zero-order valence-corrected chi connectivity index (χ0v) is 13.7. The topological polar surface area (TPSA) is 55.6 Å². The summed E-state index contributed by atoms with van der Waals surface area (Å²) in [5.74, 6) is -0.151. The molecule has 2 aromatic rings. The SMILES string of the molecule is COc1ccc(CCC(=O)N2CCCc3c(N)cccc32)cc1F. The van der Waals surface area contributed by atoms with Gasteiger partial charge in [0.1, 0.15) is 0 Å². The molecule has 0 aromatic heterocycles. The summed E-state index contributed by atoms with van der Waals surface area (Å²) in [6.45, 7) is 0.701. The van der Waals surface area contributed by atoms with E-state index in [4.69, 9.17) is 10.5 Å². The number of hydrogen-bond acceptors (Lipinski definition) is 3. The molecule has 0 fully saturated rings. The fourth-order valence-corrected chi connectivity index (χ4v) is 3.16. The van der Waals surface area contributed by atoms with Gasteiger partial charge in [-0.2, -0.15) is 0 Å². The van der Waals surface area contributed by atoms with Gasteiger partial charge in [0.25, 0.3) is 0 Å². The predicted molar refractivity (Wildman–Crippen MR) is 92.8 cm³/mol. The molecule has 2 N–H and O–H groups in total. The molecule has 1 heterocycles. The normalized spacial score (nSPS) is 13.5. The number of halogens is 1. The standard InChI is InChI=1S/C19H21FN2O2/c1-24-18-9-7-13(12-15(18)20)8-10-19(23)22-11-3-4-14-16(21)5-2-6-17(14)22/h2,5-7,9,12H,3-4,8,10-11,21H2,1H3. The van der Waals surface area contributed by atoms with Crippen LogP contribution in [0.15, 0.2) is 36.4 Å². The molecule has 0 radical (unpaired) electrons. The summed E-state index contributed by atoms with van der Waals surface area (Å²) < 4.78 is 18.6. The molecule has 0 atom stereocenters. The predicted octanol–water partition coefficient (Wildman–Crippen LogP) is 3.33. The Labute approximate surface area is 141 Å². The lowest BCUT2D eigenvalue weighted by molar-refractivity contribution is -0.118. The summed E-state index contributed by atoms with van der Waals surface area (Å²) in [7, 11) is 1.43. The van der Waals surface area contributed by atoms with Crippen molar-refractivity contribution in [1.29, 1.82) is 0 Å². The lowest BCUT2D eigenvalue weighted by Crippen LogP contribution is -2.35. The van der Waals surface area contributed by atoms with Crippen LogP contribution in [0, 0.1) is 5.82 Å². The number of carbonyl (C=O) groups is 1. The summed E-state index contributed by atoms with van der Waals surface area (Å²) in [6.07, 6.45) is 2.63. The first-order valence-corrected chi connectivity index (χ1v) is 8.10. The Morgan fingerprint density at radius 1 is 1.33 bits per heavy atom. The summed E-state index contributed by atoms with van der Waals surface area (Å²) in [6, 6.07) is 10.5. The van der Waals surface area contributed by atoms with Gasteiger partial charge >= 0.3 is 0 Å². The minimum Gasteiger partial charge on any atom is -0.494 e. The molecule has 2 aromatic carbocycles. The number of methoxy groups -OCH3 is 1. The Hall–Kier alpha value is -2.56. The highest BCUT2D eigenvalue weighted by Gasteiger charge is 2.23. The molecule has 1 amide bonds. The molecule has 0 saturated carbocycles. The van der Waals surface area contributed by atoms with Crippen LogP contribution in [0.3, 0.4) is 0 Å². The van der Waals surface area contributed by atoms with Crippen LogP contribution >= 0.6 is 0 Å². The van der Waals surface area contributed by atoms with Crippen molar-refractivity contribution in [2.24, 2.45) is 0 Å². The third kappa shape index (κ3) is 3.20. The van der Waals surface area contributed by atoms with Gasteiger partial charge in [-0.15, -0.1) is 0 Å². The molecule has 126 valence electrons. The first-order valence-electron chi connectivity index (χ1n) is 8.10. The number of amides is 1. The van der Waals surface area contributed by atoms with E-state index in [0.29, 0.717) is 19.4 Å². The number of rotatable bonds is 4. The second kappa shape index (κ2) is 6.91. The monoisotopic (exact) mass is 328 g/mol. The molecule has 0 aliphatic carbocycles. The van der Waals surface area contributed by atoms with Gasteiger partial charge in [-0.3, -0.25) is 4.79 Å². The Balaban J connectivity index is 1.70. The van der Waals surface area contributed by atoms with Crippen molar-refractivity contribution in [2.75, 3.05) is 24.3 Å². The number of fused-ring (bicyclic) bond motifs is 1. The highest BCUT2D eigenvalue weighted by Crippen LogP contribution is 2.31. The number of carbonyl (C=O) groups excluding carboxylic acids is 1. The van der Waals surface area contributed by atoms with E-state index in [0.717, 1.165) is 35.3 Å². The largest absolute Gasteiger partial charge is 0.494 e. The van der Waals surface area contributed by atoms with Crippen molar-refractivity contribution in [3.63, 3.8) is 0 Å². The van der Waals surface area contributed by atoms with E-state index in [1.165, 1.54) is 13.2 Å². The fraction of sp³-hybridized carbons (Fsp3) is 0.316. The maximum Gasteiger partial charge on any atom is 0.227 e. The lowest BCUT2D eigenvalue weighted by atomic mass is 9.99. The van der Waals surface area contributed by atoms with Crippen molar-refractivity contribution in [1.82, 2.24) is 0 Å². The summed E-state index contributed by atoms with van der Waals surface area (Å²) in [5.41, 5.74) is 9.50. The third-order valence-corrected chi connectivity index (χ3v) is 4.43. The smallest absolute Gasteiger partial charge is 0.227 e. The second-order valence-corrected chi connectivity index (χ2v) is 5.96. The first-order chi connectivity index (χ1) is 11.6. The van der Waals surface area contributed by atoms with E-state index in [1.807, 2.05) is 18.2 Å². The molecule has 0 unspecified atom stereocenters. The Bertz CT molecular complexity index is 761. The van der Waals surface area contributed by atoms with E-state index >= 15 is 0 Å². The maximum absolute atomic E-state index is 13.7. The van der Waals surface area contributed by atoms with Gasteiger partial charge in [0.15, 0.2) is 11.6 Å². The molecular formula is C19H21FN2O2.